The van der Waals surface area contributed by atoms with Crippen molar-refractivity contribution in [1.29, 1.82) is 0 Å². The second-order valence-corrected chi connectivity index (χ2v) is 7.35. The van der Waals surface area contributed by atoms with Crippen LogP contribution in [0.3, 0.4) is 0 Å². The Balaban J connectivity index is 1.68. The molecule has 1 saturated heterocycles. The van der Waals surface area contributed by atoms with Gasteiger partial charge in [0.1, 0.15) is 6.10 Å². The molecule has 2 aliphatic heterocycles. The first-order chi connectivity index (χ1) is 11.2. The smallest absolute Gasteiger partial charge is 0.297 e. The standard InChI is InChI=1S/C19H23N3O/c1-13-7-3-4-8-15(13)22-14(2)16-17(19(22)9-5-6-10-19)23-18-20-11-12-21(16)18/h3-4,7-8,11-12,14,16-17H,5-6,9-10H2,1-2H3. The van der Waals surface area contributed by atoms with Crippen molar-refractivity contribution in [2.24, 2.45) is 0 Å². The van der Waals surface area contributed by atoms with Gasteiger partial charge in [0.05, 0.1) is 17.6 Å². The predicted octanol–water partition coefficient (Wildman–Crippen LogP) is 3.72. The quantitative estimate of drug-likeness (QED) is 0.804. The molecule has 0 N–H and O–H groups in total. The molecule has 1 aliphatic carbocycles. The van der Waals surface area contributed by atoms with Crippen molar-refractivity contribution in [1.82, 2.24) is 9.55 Å². The van der Waals surface area contributed by atoms with Gasteiger partial charge in [-0.25, -0.2) is 4.98 Å². The summed E-state index contributed by atoms with van der Waals surface area (Å²) >= 11 is 0. The molecule has 3 unspecified atom stereocenters. The van der Waals surface area contributed by atoms with Gasteiger partial charge in [-0.05, 0) is 38.3 Å². The van der Waals surface area contributed by atoms with Crippen LogP contribution in [0.5, 0.6) is 6.01 Å². The fourth-order valence-corrected chi connectivity index (χ4v) is 5.36. The Bertz CT molecular complexity index is 747. The number of fused-ring (bicyclic) bond motifs is 4. The number of hydrogen-bond acceptors (Lipinski definition) is 3. The number of aryl methyl sites for hydroxylation is 1. The Kier molecular flexibility index (Phi) is 2.65. The van der Waals surface area contributed by atoms with Gasteiger partial charge in [0.25, 0.3) is 6.01 Å². The summed E-state index contributed by atoms with van der Waals surface area (Å²) in [5.74, 6) is 0. The van der Waals surface area contributed by atoms with E-state index < -0.39 is 0 Å². The van der Waals surface area contributed by atoms with Crippen LogP contribution in [0, 0.1) is 6.92 Å². The first kappa shape index (κ1) is 13.5. The Morgan fingerprint density at radius 3 is 2.78 bits per heavy atom. The Morgan fingerprint density at radius 2 is 2.00 bits per heavy atom. The van der Waals surface area contributed by atoms with Crippen LogP contribution in [-0.2, 0) is 0 Å². The summed E-state index contributed by atoms with van der Waals surface area (Å²) in [7, 11) is 0. The number of hydrogen-bond donors (Lipinski definition) is 0. The van der Waals surface area contributed by atoms with Gasteiger partial charge in [0.2, 0.25) is 0 Å². The normalized spacial score (nSPS) is 30.5. The third-order valence-corrected chi connectivity index (χ3v) is 6.25. The van der Waals surface area contributed by atoms with E-state index in [2.05, 4.69) is 58.8 Å². The van der Waals surface area contributed by atoms with Crippen molar-refractivity contribution < 1.29 is 4.74 Å². The van der Waals surface area contributed by atoms with Crippen molar-refractivity contribution in [2.45, 2.75) is 63.3 Å². The van der Waals surface area contributed by atoms with Crippen LogP contribution in [0.4, 0.5) is 5.69 Å². The van der Waals surface area contributed by atoms with E-state index in [0.717, 1.165) is 6.01 Å². The lowest BCUT2D eigenvalue weighted by Gasteiger charge is -2.42. The summed E-state index contributed by atoms with van der Waals surface area (Å²) in [4.78, 5) is 7.09. The van der Waals surface area contributed by atoms with Crippen molar-refractivity contribution in [3.05, 3.63) is 42.2 Å². The van der Waals surface area contributed by atoms with Crippen LogP contribution in [0.2, 0.25) is 0 Å². The van der Waals surface area contributed by atoms with Crippen molar-refractivity contribution in [3.63, 3.8) is 0 Å². The number of rotatable bonds is 1. The first-order valence-electron chi connectivity index (χ1n) is 8.77. The molecule has 2 aromatic rings. The Hall–Kier alpha value is -1.97. The number of nitrogens with zero attached hydrogens (tertiary/aromatic N) is 3. The molecule has 1 aromatic carbocycles. The lowest BCUT2D eigenvalue weighted by atomic mass is 9.89. The zero-order chi connectivity index (χ0) is 15.6. The summed E-state index contributed by atoms with van der Waals surface area (Å²) in [5, 5.41) is 0. The van der Waals surface area contributed by atoms with Gasteiger partial charge >= 0.3 is 0 Å². The summed E-state index contributed by atoms with van der Waals surface area (Å²) < 4.78 is 8.64. The lowest BCUT2D eigenvalue weighted by Crippen LogP contribution is -2.52. The molecule has 3 atom stereocenters. The zero-order valence-corrected chi connectivity index (χ0v) is 13.8. The number of benzene rings is 1. The summed E-state index contributed by atoms with van der Waals surface area (Å²) in [6, 6.07) is 10.4. The van der Waals surface area contributed by atoms with Crippen molar-refractivity contribution in [2.75, 3.05) is 4.90 Å². The molecule has 1 aromatic heterocycles. The second kappa shape index (κ2) is 4.53. The highest BCUT2D eigenvalue weighted by atomic mass is 16.5. The van der Waals surface area contributed by atoms with E-state index in [0.29, 0.717) is 12.1 Å². The maximum Gasteiger partial charge on any atom is 0.297 e. The van der Waals surface area contributed by atoms with E-state index in [1.807, 2.05) is 6.20 Å². The molecule has 3 aliphatic rings. The van der Waals surface area contributed by atoms with Crippen LogP contribution in [0.1, 0.15) is 44.2 Å². The second-order valence-electron chi connectivity index (χ2n) is 7.35. The Morgan fingerprint density at radius 1 is 1.22 bits per heavy atom. The minimum Gasteiger partial charge on any atom is -0.457 e. The fourth-order valence-electron chi connectivity index (χ4n) is 5.36. The van der Waals surface area contributed by atoms with Crippen molar-refractivity contribution >= 4 is 5.69 Å². The number of ether oxygens (including phenoxy) is 1. The van der Waals surface area contributed by atoms with Crippen LogP contribution >= 0.6 is 0 Å². The maximum atomic E-state index is 6.38. The van der Waals surface area contributed by atoms with E-state index >= 15 is 0 Å². The highest BCUT2D eigenvalue weighted by Crippen LogP contribution is 2.56. The zero-order valence-electron chi connectivity index (χ0n) is 13.8. The van der Waals surface area contributed by atoms with Crippen LogP contribution in [-0.4, -0.2) is 27.2 Å². The molecule has 2 fully saturated rings. The van der Waals surface area contributed by atoms with Gasteiger partial charge in [-0.2, -0.15) is 0 Å². The molecule has 4 nitrogen and oxygen atoms in total. The van der Waals surface area contributed by atoms with Gasteiger partial charge in [0, 0.05) is 18.1 Å². The molecule has 3 heterocycles. The SMILES string of the molecule is Cc1ccccc1N1C(C)C2C(Oc3nccn32)C12CCCC2. The number of aromatic nitrogens is 2. The van der Waals surface area contributed by atoms with Gasteiger partial charge in [-0.15, -0.1) is 0 Å². The largest absolute Gasteiger partial charge is 0.457 e. The predicted molar refractivity (Wildman–Crippen MR) is 90.0 cm³/mol. The molecule has 1 spiro atoms. The number of para-hydroxylation sites is 1. The van der Waals surface area contributed by atoms with E-state index in [1.54, 1.807) is 0 Å². The van der Waals surface area contributed by atoms with Gasteiger partial charge < -0.3 is 9.64 Å². The lowest BCUT2D eigenvalue weighted by molar-refractivity contribution is 0.139. The molecule has 0 amide bonds. The van der Waals surface area contributed by atoms with E-state index in [1.165, 1.54) is 36.9 Å². The molecule has 1 saturated carbocycles. The average molecular weight is 309 g/mol. The third kappa shape index (κ3) is 1.59. The maximum absolute atomic E-state index is 6.38. The molecular weight excluding hydrogens is 286 g/mol. The molecular formula is C19H23N3O. The Labute approximate surface area is 137 Å². The van der Waals surface area contributed by atoms with E-state index in [9.17, 15) is 0 Å². The third-order valence-electron chi connectivity index (χ3n) is 6.25. The van der Waals surface area contributed by atoms with Crippen LogP contribution in [0.25, 0.3) is 0 Å². The summed E-state index contributed by atoms with van der Waals surface area (Å²) in [6.07, 6.45) is 9.20. The molecule has 4 heteroatoms. The fraction of sp³-hybridized carbons (Fsp3) is 0.526. The van der Waals surface area contributed by atoms with Gasteiger partial charge in [0.15, 0.2) is 0 Å². The number of anilines is 1. The molecule has 0 radical (unpaired) electrons. The molecule has 120 valence electrons. The minimum atomic E-state index is 0.122. The number of imidazole rings is 1. The van der Waals surface area contributed by atoms with E-state index in [-0.39, 0.29) is 11.6 Å². The van der Waals surface area contributed by atoms with Crippen molar-refractivity contribution in [3.8, 4) is 6.01 Å². The first-order valence-corrected chi connectivity index (χ1v) is 8.77. The van der Waals surface area contributed by atoms with E-state index in [4.69, 9.17) is 4.74 Å². The van der Waals surface area contributed by atoms with Gasteiger partial charge in [-0.3, -0.25) is 4.57 Å². The van der Waals surface area contributed by atoms with Crippen LogP contribution < -0.4 is 9.64 Å². The minimum absolute atomic E-state index is 0.122. The molecule has 23 heavy (non-hydrogen) atoms. The summed E-state index contributed by atoms with van der Waals surface area (Å²) in [5.41, 5.74) is 2.86. The highest BCUT2D eigenvalue weighted by molar-refractivity contribution is 5.59. The van der Waals surface area contributed by atoms with Gasteiger partial charge in [-0.1, -0.05) is 31.0 Å². The monoisotopic (exact) mass is 309 g/mol. The summed E-state index contributed by atoms with van der Waals surface area (Å²) in [6.45, 7) is 4.58. The van der Waals surface area contributed by atoms with Crippen LogP contribution in [0.15, 0.2) is 36.7 Å². The highest BCUT2D eigenvalue weighted by Gasteiger charge is 2.63. The topological polar surface area (TPSA) is 30.3 Å². The molecule has 5 rings (SSSR count). The molecule has 0 bridgehead atoms. The average Bonchev–Trinajstić information content (AvgIpc) is 3.26.